The number of pyridine rings is 2. The van der Waals surface area contributed by atoms with Gasteiger partial charge in [-0.2, -0.15) is 0 Å². The number of ether oxygens (including phenoxy) is 1. The van der Waals surface area contributed by atoms with Crippen LogP contribution in [0.4, 0.5) is 0 Å². The summed E-state index contributed by atoms with van der Waals surface area (Å²) in [5.41, 5.74) is 4.27. The van der Waals surface area contributed by atoms with Gasteiger partial charge < -0.3 is 10.1 Å². The van der Waals surface area contributed by atoms with Crippen LogP contribution in [-0.4, -0.2) is 36.1 Å². The standard InChI is InChI=1S/C22H25N3O2/c1-15(2)16-7-8-20-18(12-16)19(22(26)24-10-5-11-27-3)13-21(25-20)17-6-4-9-23-14-17/h4,6-9,12-15H,5,10-11H2,1-3H3,(H,24,26). The van der Waals surface area contributed by atoms with Crippen LogP contribution in [0, 0.1) is 0 Å². The first kappa shape index (κ1) is 19.0. The molecule has 0 fully saturated rings. The van der Waals surface area contributed by atoms with Crippen LogP contribution >= 0.6 is 0 Å². The summed E-state index contributed by atoms with van der Waals surface area (Å²) >= 11 is 0. The number of rotatable bonds is 7. The van der Waals surface area contributed by atoms with E-state index in [4.69, 9.17) is 9.72 Å². The molecule has 5 nitrogen and oxygen atoms in total. The molecule has 1 N–H and O–H groups in total. The number of carbonyl (C=O) groups excluding carboxylic acids is 1. The lowest BCUT2D eigenvalue weighted by Crippen LogP contribution is -2.25. The molecule has 2 aromatic heterocycles. The van der Waals surface area contributed by atoms with Gasteiger partial charge in [-0.15, -0.1) is 0 Å². The lowest BCUT2D eigenvalue weighted by atomic mass is 9.97. The molecule has 2 heterocycles. The van der Waals surface area contributed by atoms with Gasteiger partial charge in [0.2, 0.25) is 0 Å². The van der Waals surface area contributed by atoms with Crippen molar-refractivity contribution in [3.05, 3.63) is 59.9 Å². The number of aromatic nitrogens is 2. The van der Waals surface area contributed by atoms with E-state index in [1.807, 2.05) is 24.3 Å². The van der Waals surface area contributed by atoms with Crippen molar-refractivity contribution in [1.82, 2.24) is 15.3 Å². The zero-order chi connectivity index (χ0) is 19.2. The maximum absolute atomic E-state index is 12.9. The quantitative estimate of drug-likeness (QED) is 0.640. The third kappa shape index (κ3) is 4.49. The van der Waals surface area contributed by atoms with Gasteiger partial charge in [-0.25, -0.2) is 4.98 Å². The smallest absolute Gasteiger partial charge is 0.252 e. The summed E-state index contributed by atoms with van der Waals surface area (Å²) in [5, 5.41) is 3.86. The fourth-order valence-electron chi connectivity index (χ4n) is 2.97. The van der Waals surface area contributed by atoms with E-state index in [0.717, 1.165) is 28.6 Å². The average Bonchev–Trinajstić information content (AvgIpc) is 2.70. The van der Waals surface area contributed by atoms with E-state index < -0.39 is 0 Å². The van der Waals surface area contributed by atoms with Crippen molar-refractivity contribution >= 4 is 16.8 Å². The van der Waals surface area contributed by atoms with Gasteiger partial charge in [0.25, 0.3) is 5.91 Å². The van der Waals surface area contributed by atoms with Crippen LogP contribution in [0.1, 0.15) is 42.1 Å². The van der Waals surface area contributed by atoms with Gasteiger partial charge in [0.05, 0.1) is 16.8 Å². The summed E-state index contributed by atoms with van der Waals surface area (Å²) in [6, 6.07) is 11.8. The molecule has 0 saturated heterocycles. The molecular formula is C22H25N3O2. The Bertz CT molecular complexity index is 923. The third-order valence-corrected chi connectivity index (χ3v) is 4.51. The Kier molecular flexibility index (Phi) is 6.14. The molecule has 140 valence electrons. The first-order valence-corrected chi connectivity index (χ1v) is 9.22. The van der Waals surface area contributed by atoms with Crippen molar-refractivity contribution < 1.29 is 9.53 Å². The second kappa shape index (κ2) is 8.73. The molecule has 1 amide bonds. The summed E-state index contributed by atoms with van der Waals surface area (Å²) in [5.74, 6) is 0.287. The van der Waals surface area contributed by atoms with Crippen molar-refractivity contribution in [3.8, 4) is 11.3 Å². The van der Waals surface area contributed by atoms with Crippen molar-refractivity contribution in [1.29, 1.82) is 0 Å². The Hall–Kier alpha value is -2.79. The minimum Gasteiger partial charge on any atom is -0.385 e. The van der Waals surface area contributed by atoms with Crippen molar-refractivity contribution in [2.24, 2.45) is 0 Å². The van der Waals surface area contributed by atoms with Crippen LogP contribution < -0.4 is 5.32 Å². The van der Waals surface area contributed by atoms with E-state index in [2.05, 4.69) is 36.3 Å². The van der Waals surface area contributed by atoms with E-state index in [1.54, 1.807) is 19.5 Å². The Labute approximate surface area is 159 Å². The topological polar surface area (TPSA) is 64.1 Å². The van der Waals surface area contributed by atoms with Crippen LogP contribution in [0.3, 0.4) is 0 Å². The second-order valence-electron chi connectivity index (χ2n) is 6.83. The second-order valence-corrected chi connectivity index (χ2v) is 6.83. The van der Waals surface area contributed by atoms with Crippen molar-refractivity contribution in [2.75, 3.05) is 20.3 Å². The number of nitrogens with one attached hydrogen (secondary N) is 1. The fourth-order valence-corrected chi connectivity index (χ4v) is 2.97. The molecule has 0 saturated carbocycles. The zero-order valence-electron chi connectivity index (χ0n) is 16.0. The molecule has 0 radical (unpaired) electrons. The molecule has 3 rings (SSSR count). The Balaban J connectivity index is 2.05. The molecule has 27 heavy (non-hydrogen) atoms. The van der Waals surface area contributed by atoms with Gasteiger partial charge in [0, 0.05) is 43.6 Å². The van der Waals surface area contributed by atoms with Crippen molar-refractivity contribution in [2.45, 2.75) is 26.2 Å². The Morgan fingerprint density at radius 3 is 2.78 bits per heavy atom. The number of benzene rings is 1. The van der Waals surface area contributed by atoms with Crippen LogP contribution in [0.15, 0.2) is 48.8 Å². The largest absolute Gasteiger partial charge is 0.385 e. The summed E-state index contributed by atoms with van der Waals surface area (Å²) < 4.78 is 5.05. The predicted octanol–water partition coefficient (Wildman–Crippen LogP) is 4.19. The number of fused-ring (bicyclic) bond motifs is 1. The SMILES string of the molecule is COCCCNC(=O)c1cc(-c2cccnc2)nc2ccc(C(C)C)cc12. The molecule has 0 aliphatic rings. The minimum atomic E-state index is -0.0930. The number of nitrogens with zero attached hydrogens (tertiary/aromatic N) is 2. The number of carbonyl (C=O) groups is 1. The van der Waals surface area contributed by atoms with Crippen molar-refractivity contribution in [3.63, 3.8) is 0 Å². The lowest BCUT2D eigenvalue weighted by Gasteiger charge is -2.13. The summed E-state index contributed by atoms with van der Waals surface area (Å²) in [4.78, 5) is 21.8. The molecule has 0 aliphatic carbocycles. The van der Waals surface area contributed by atoms with E-state index in [0.29, 0.717) is 24.6 Å². The van der Waals surface area contributed by atoms with Gasteiger partial charge in [-0.3, -0.25) is 9.78 Å². The molecule has 0 bridgehead atoms. The van der Waals surface area contributed by atoms with Gasteiger partial charge >= 0.3 is 0 Å². The highest BCUT2D eigenvalue weighted by atomic mass is 16.5. The minimum absolute atomic E-state index is 0.0930. The number of methoxy groups -OCH3 is 1. The normalized spacial score (nSPS) is 11.1. The lowest BCUT2D eigenvalue weighted by molar-refractivity contribution is 0.0950. The summed E-state index contributed by atoms with van der Waals surface area (Å²) in [6.45, 7) is 5.48. The average molecular weight is 363 g/mol. The summed E-state index contributed by atoms with van der Waals surface area (Å²) in [7, 11) is 1.66. The molecule has 0 atom stereocenters. The summed E-state index contributed by atoms with van der Waals surface area (Å²) in [6.07, 6.45) is 4.26. The first-order valence-electron chi connectivity index (χ1n) is 9.22. The number of hydrogen-bond donors (Lipinski definition) is 1. The van der Waals surface area contributed by atoms with E-state index in [9.17, 15) is 4.79 Å². The Morgan fingerprint density at radius 1 is 1.22 bits per heavy atom. The Morgan fingerprint density at radius 2 is 2.07 bits per heavy atom. The number of amides is 1. The third-order valence-electron chi connectivity index (χ3n) is 4.51. The van der Waals surface area contributed by atoms with Gasteiger partial charge in [0.1, 0.15) is 0 Å². The fraction of sp³-hybridized carbons (Fsp3) is 0.318. The van der Waals surface area contributed by atoms with E-state index >= 15 is 0 Å². The highest BCUT2D eigenvalue weighted by Crippen LogP contribution is 2.27. The van der Waals surface area contributed by atoms with Gasteiger partial charge in [0.15, 0.2) is 0 Å². The highest BCUT2D eigenvalue weighted by Gasteiger charge is 2.15. The molecule has 0 spiro atoms. The monoisotopic (exact) mass is 363 g/mol. The predicted molar refractivity (Wildman–Crippen MR) is 108 cm³/mol. The van der Waals surface area contributed by atoms with Crippen LogP contribution in [0.2, 0.25) is 0 Å². The molecular weight excluding hydrogens is 338 g/mol. The van der Waals surface area contributed by atoms with Crippen LogP contribution in [-0.2, 0) is 4.74 Å². The number of hydrogen-bond acceptors (Lipinski definition) is 4. The maximum Gasteiger partial charge on any atom is 0.252 e. The van der Waals surface area contributed by atoms with Gasteiger partial charge in [-0.1, -0.05) is 19.9 Å². The van der Waals surface area contributed by atoms with E-state index in [1.165, 1.54) is 5.56 Å². The molecule has 0 aliphatic heterocycles. The maximum atomic E-state index is 12.9. The molecule has 5 heteroatoms. The highest BCUT2D eigenvalue weighted by molar-refractivity contribution is 6.07. The zero-order valence-corrected chi connectivity index (χ0v) is 16.0. The van der Waals surface area contributed by atoms with Crippen LogP contribution in [0.5, 0.6) is 0 Å². The van der Waals surface area contributed by atoms with E-state index in [-0.39, 0.29) is 5.91 Å². The molecule has 1 aromatic carbocycles. The first-order chi connectivity index (χ1) is 13.1. The molecule has 0 unspecified atom stereocenters. The van der Waals surface area contributed by atoms with Gasteiger partial charge in [-0.05, 0) is 48.2 Å². The molecule has 3 aromatic rings. The van der Waals surface area contributed by atoms with Crippen LogP contribution in [0.25, 0.3) is 22.2 Å².